The van der Waals surface area contributed by atoms with Gasteiger partial charge >= 0.3 is 0 Å². The number of amides is 1. The number of aromatic amines is 1. The zero-order chi connectivity index (χ0) is 22.7. The molecular weight excluding hydrogens is 436 g/mol. The Hall–Kier alpha value is -3.71. The van der Waals surface area contributed by atoms with E-state index in [4.69, 9.17) is 11.6 Å². The maximum Gasteiger partial charge on any atom is 0.294 e. The van der Waals surface area contributed by atoms with Crippen LogP contribution in [-0.2, 0) is 0 Å². The van der Waals surface area contributed by atoms with E-state index in [1.165, 1.54) is 5.56 Å². The van der Waals surface area contributed by atoms with Gasteiger partial charge in [-0.1, -0.05) is 48.0 Å². The third-order valence-corrected chi connectivity index (χ3v) is 6.90. The predicted octanol–water partition coefficient (Wildman–Crippen LogP) is 4.92. The summed E-state index contributed by atoms with van der Waals surface area (Å²) in [5.41, 5.74) is 5.11. The van der Waals surface area contributed by atoms with Crippen molar-refractivity contribution in [2.24, 2.45) is 0 Å². The lowest BCUT2D eigenvalue weighted by molar-refractivity contribution is 0.0649. The number of aromatic nitrogens is 5. The molecule has 1 aliphatic rings. The van der Waals surface area contributed by atoms with E-state index in [0.29, 0.717) is 17.3 Å². The SMILES string of the molecule is Cc1ccnc2nc(C(=O)N3CC(c4ccccc4Cl)c4c([nH]c5ccccc45)C3C)nn12. The van der Waals surface area contributed by atoms with Crippen LogP contribution in [0, 0.1) is 6.92 Å². The minimum Gasteiger partial charge on any atom is -0.356 e. The van der Waals surface area contributed by atoms with Crippen molar-refractivity contribution in [2.45, 2.75) is 25.8 Å². The molecule has 3 aromatic heterocycles. The minimum atomic E-state index is -0.228. The molecule has 0 bridgehead atoms. The minimum absolute atomic E-state index is 0.0816. The molecule has 1 aliphatic heterocycles. The van der Waals surface area contributed by atoms with Crippen LogP contribution in [0.3, 0.4) is 0 Å². The Labute approximate surface area is 195 Å². The molecule has 0 fully saturated rings. The third kappa shape index (κ3) is 3.03. The maximum atomic E-state index is 13.7. The molecule has 4 heterocycles. The Morgan fingerprint density at radius 3 is 2.73 bits per heavy atom. The molecule has 1 N–H and O–H groups in total. The molecule has 164 valence electrons. The lowest BCUT2D eigenvalue weighted by atomic mass is 9.83. The van der Waals surface area contributed by atoms with Crippen LogP contribution in [0.15, 0.2) is 60.8 Å². The number of rotatable bonds is 2. The largest absolute Gasteiger partial charge is 0.356 e. The van der Waals surface area contributed by atoms with Crippen LogP contribution in [0.5, 0.6) is 0 Å². The van der Waals surface area contributed by atoms with Gasteiger partial charge in [-0.2, -0.15) is 4.98 Å². The topological polar surface area (TPSA) is 79.2 Å². The number of hydrogen-bond donors (Lipinski definition) is 1. The Morgan fingerprint density at radius 2 is 1.91 bits per heavy atom. The van der Waals surface area contributed by atoms with Crippen molar-refractivity contribution in [3.63, 3.8) is 0 Å². The van der Waals surface area contributed by atoms with E-state index in [0.717, 1.165) is 27.9 Å². The molecule has 1 amide bonds. The van der Waals surface area contributed by atoms with Crippen molar-refractivity contribution >= 4 is 34.2 Å². The van der Waals surface area contributed by atoms with Crippen LogP contribution < -0.4 is 0 Å². The molecule has 2 aromatic carbocycles. The first-order chi connectivity index (χ1) is 16.0. The number of halogens is 1. The second-order valence-corrected chi connectivity index (χ2v) is 8.85. The maximum absolute atomic E-state index is 13.7. The Kier molecular flexibility index (Phi) is 4.48. The van der Waals surface area contributed by atoms with Gasteiger partial charge in [0.1, 0.15) is 0 Å². The molecule has 0 spiro atoms. The van der Waals surface area contributed by atoms with Gasteiger partial charge in [0.05, 0.1) is 6.04 Å². The first kappa shape index (κ1) is 19.9. The van der Waals surface area contributed by atoms with E-state index in [1.54, 1.807) is 10.7 Å². The number of nitrogens with zero attached hydrogens (tertiary/aromatic N) is 5. The van der Waals surface area contributed by atoms with Crippen LogP contribution in [0.1, 0.15) is 52.0 Å². The highest BCUT2D eigenvalue weighted by Crippen LogP contribution is 2.44. The molecule has 8 heteroatoms. The standard InChI is InChI=1S/C25H21ClN6O/c1-14-11-12-27-25-29-23(30-32(14)25)24(33)31-13-18(16-7-3-5-9-19(16)26)21-17-8-4-6-10-20(17)28-22(21)15(31)2/h3-12,15,18,28H,13H2,1-2H3. The molecule has 7 nitrogen and oxygen atoms in total. The highest BCUT2D eigenvalue weighted by atomic mass is 35.5. The molecule has 0 saturated heterocycles. The number of H-pyrrole nitrogens is 1. The molecular formula is C25H21ClN6O. The summed E-state index contributed by atoms with van der Waals surface area (Å²) in [6.07, 6.45) is 1.67. The normalized spacial score (nSPS) is 18.1. The Morgan fingerprint density at radius 1 is 1.12 bits per heavy atom. The quantitative estimate of drug-likeness (QED) is 0.409. The second kappa shape index (κ2) is 7.42. The van der Waals surface area contributed by atoms with E-state index < -0.39 is 0 Å². The van der Waals surface area contributed by atoms with E-state index in [9.17, 15) is 4.79 Å². The van der Waals surface area contributed by atoms with Gasteiger partial charge in [0, 0.05) is 46.0 Å². The lowest BCUT2D eigenvalue weighted by Crippen LogP contribution is -2.41. The smallest absolute Gasteiger partial charge is 0.294 e. The van der Waals surface area contributed by atoms with Crippen LogP contribution in [-0.4, -0.2) is 41.9 Å². The zero-order valence-corrected chi connectivity index (χ0v) is 18.9. The second-order valence-electron chi connectivity index (χ2n) is 8.44. The van der Waals surface area contributed by atoms with Gasteiger partial charge < -0.3 is 9.88 Å². The Balaban J connectivity index is 1.50. The summed E-state index contributed by atoms with van der Waals surface area (Å²) < 4.78 is 1.60. The molecule has 2 atom stereocenters. The summed E-state index contributed by atoms with van der Waals surface area (Å²) in [5, 5.41) is 6.29. The number of hydrogen-bond acceptors (Lipinski definition) is 4. The fourth-order valence-electron chi connectivity index (χ4n) is 4.89. The van der Waals surface area contributed by atoms with Crippen molar-refractivity contribution in [3.05, 3.63) is 94.2 Å². The van der Waals surface area contributed by atoms with Gasteiger partial charge in [-0.05, 0) is 43.2 Å². The predicted molar refractivity (Wildman–Crippen MR) is 127 cm³/mol. The van der Waals surface area contributed by atoms with Crippen molar-refractivity contribution in [3.8, 4) is 0 Å². The summed E-state index contributed by atoms with van der Waals surface area (Å²) in [6, 6.07) is 17.7. The number of carbonyl (C=O) groups excluding carboxylic acids is 1. The van der Waals surface area contributed by atoms with Crippen molar-refractivity contribution in [2.75, 3.05) is 6.54 Å². The molecule has 2 unspecified atom stereocenters. The average Bonchev–Trinajstić information content (AvgIpc) is 3.43. The molecule has 0 radical (unpaired) electrons. The molecule has 0 aliphatic carbocycles. The van der Waals surface area contributed by atoms with E-state index >= 15 is 0 Å². The number of para-hydroxylation sites is 1. The van der Waals surface area contributed by atoms with Crippen LogP contribution in [0.25, 0.3) is 16.7 Å². The lowest BCUT2D eigenvalue weighted by Gasteiger charge is -2.38. The Bertz CT molecular complexity index is 1540. The number of carbonyl (C=O) groups is 1. The summed E-state index contributed by atoms with van der Waals surface area (Å²) in [5.74, 6) is 0.244. The van der Waals surface area contributed by atoms with Gasteiger partial charge in [0.25, 0.3) is 11.7 Å². The zero-order valence-electron chi connectivity index (χ0n) is 18.2. The highest BCUT2D eigenvalue weighted by molar-refractivity contribution is 6.31. The average molecular weight is 457 g/mol. The van der Waals surface area contributed by atoms with E-state index in [1.807, 2.05) is 61.2 Å². The molecule has 5 aromatic rings. The van der Waals surface area contributed by atoms with Crippen molar-refractivity contribution in [1.82, 2.24) is 29.5 Å². The van der Waals surface area contributed by atoms with Gasteiger partial charge in [0.2, 0.25) is 5.82 Å². The summed E-state index contributed by atoms with van der Waals surface area (Å²) in [4.78, 5) is 27.7. The number of fused-ring (bicyclic) bond motifs is 4. The van der Waals surface area contributed by atoms with E-state index in [2.05, 4.69) is 32.2 Å². The fraction of sp³-hybridized carbons (Fsp3) is 0.200. The monoisotopic (exact) mass is 456 g/mol. The number of benzene rings is 2. The number of aryl methyl sites for hydroxylation is 1. The van der Waals surface area contributed by atoms with Crippen LogP contribution in [0.4, 0.5) is 0 Å². The van der Waals surface area contributed by atoms with Crippen LogP contribution >= 0.6 is 11.6 Å². The van der Waals surface area contributed by atoms with Crippen molar-refractivity contribution < 1.29 is 4.79 Å². The van der Waals surface area contributed by atoms with Gasteiger partial charge in [0.15, 0.2) is 0 Å². The number of nitrogens with one attached hydrogen (secondary N) is 1. The van der Waals surface area contributed by atoms with Gasteiger partial charge in [-0.3, -0.25) is 4.79 Å². The summed E-state index contributed by atoms with van der Waals surface area (Å²) in [6.45, 7) is 4.42. The third-order valence-electron chi connectivity index (χ3n) is 6.55. The van der Waals surface area contributed by atoms with Gasteiger partial charge in [-0.25, -0.2) is 9.50 Å². The van der Waals surface area contributed by atoms with E-state index in [-0.39, 0.29) is 23.7 Å². The molecule has 6 rings (SSSR count). The fourth-order valence-corrected chi connectivity index (χ4v) is 5.15. The summed E-state index contributed by atoms with van der Waals surface area (Å²) in [7, 11) is 0. The van der Waals surface area contributed by atoms with Gasteiger partial charge in [-0.15, -0.1) is 5.10 Å². The summed E-state index contributed by atoms with van der Waals surface area (Å²) >= 11 is 6.64. The molecule has 0 saturated carbocycles. The van der Waals surface area contributed by atoms with Crippen molar-refractivity contribution in [1.29, 1.82) is 0 Å². The van der Waals surface area contributed by atoms with Crippen LogP contribution in [0.2, 0.25) is 5.02 Å². The highest BCUT2D eigenvalue weighted by Gasteiger charge is 2.39. The first-order valence-corrected chi connectivity index (χ1v) is 11.2. The molecule has 33 heavy (non-hydrogen) atoms. The first-order valence-electron chi connectivity index (χ1n) is 10.9.